The molecule has 0 saturated carbocycles. The van der Waals surface area contributed by atoms with Gasteiger partial charge in [-0.05, 0) is 74.9 Å². The molecule has 3 aromatic carbocycles. The van der Waals surface area contributed by atoms with Gasteiger partial charge in [0.15, 0.2) is 0 Å². The summed E-state index contributed by atoms with van der Waals surface area (Å²) >= 11 is 0. The second kappa shape index (κ2) is 22.9. The molecule has 3 aromatic rings. The van der Waals surface area contributed by atoms with E-state index in [0.29, 0.717) is 0 Å². The molecule has 1 unspecified atom stereocenters. The Morgan fingerprint density at radius 2 is 0.405 bits per heavy atom. The molecule has 0 saturated heterocycles. The first-order chi connectivity index (χ1) is 30.6. The topological polar surface area (TPSA) is 0 Å². The van der Waals surface area contributed by atoms with Gasteiger partial charge in [-0.3, -0.25) is 6.08 Å². The van der Waals surface area contributed by atoms with Crippen LogP contribution in [0.25, 0.3) is 0 Å². The van der Waals surface area contributed by atoms with E-state index in [4.69, 9.17) is 6.08 Å². The molecule has 416 valence electrons. The van der Waals surface area contributed by atoms with Gasteiger partial charge in [0.2, 0.25) is 0 Å². The Balaban J connectivity index is 0.0000133. The normalized spacial score (nSPS) is 16.6. The number of hydrogen-bond donors (Lipinski definition) is 0. The maximum absolute atomic E-state index is 4.85. The molecule has 0 bridgehead atoms. The van der Waals surface area contributed by atoms with Crippen molar-refractivity contribution in [3.05, 3.63) is 56.2 Å². The van der Waals surface area contributed by atoms with Gasteiger partial charge in [-0.2, -0.15) is 11.1 Å². The molecule has 0 aromatic heterocycles. The van der Waals surface area contributed by atoms with Crippen molar-refractivity contribution in [3.63, 3.8) is 0 Å². The van der Waals surface area contributed by atoms with Gasteiger partial charge in [0.1, 0.15) is 8.07 Å². The van der Waals surface area contributed by atoms with Gasteiger partial charge in [-0.25, -0.2) is 5.57 Å². The largest absolute Gasteiger partial charge is 4.00 e. The molecule has 0 spiro atoms. The Kier molecular flexibility index (Phi) is 23.2. The van der Waals surface area contributed by atoms with E-state index in [1.807, 2.05) is 62.2 Å². The fourth-order valence-electron chi connectivity index (χ4n) is 14.7. The first-order valence-electron chi connectivity index (χ1n) is 27.5. The first-order valence-corrected chi connectivity index (χ1v) is 61.0. The van der Waals surface area contributed by atoms with E-state index in [2.05, 4.69) is 246 Å². The summed E-state index contributed by atoms with van der Waals surface area (Å²) in [6.07, 6.45) is 4.85. The Bertz CT molecular complexity index is 2450. The summed E-state index contributed by atoms with van der Waals surface area (Å²) in [4.78, 5) is 0. The minimum Gasteiger partial charge on any atom is -1.00 e. The number of hydrogen-bond acceptors (Lipinski definition) is 0. The van der Waals surface area contributed by atoms with Crippen molar-refractivity contribution in [3.8, 4) is 0 Å². The third-order valence-electron chi connectivity index (χ3n) is 17.1. The van der Waals surface area contributed by atoms with Crippen LogP contribution in [0.3, 0.4) is 0 Å². The zero-order valence-electron chi connectivity index (χ0n) is 55.1. The van der Waals surface area contributed by atoms with Crippen LogP contribution in [0.15, 0.2) is 16.7 Å². The van der Waals surface area contributed by atoms with Crippen molar-refractivity contribution in [2.45, 2.75) is 251 Å². The zero-order chi connectivity index (χ0) is 55.3. The molecular weight excluding hydrogens is 1160 g/mol. The average molecular weight is 1270 g/mol. The van der Waals surface area contributed by atoms with Crippen LogP contribution in [-0.4, -0.2) is 80.7 Å². The SMILES string of the molecule is CC1=[C-]C(C)([Si](c2c([Si](C)(C)C)c(C)c(C)c([Si](C)(C)C)c2[Si](C)(C)C)(c2c([Si](C)(C)C)c(C)c(C)c([Si](C)(C)C)c2[Si](C)(C)C)c2c([Si](C)(C)C)c(C)c(C)c([Si](C)(C)C)c2[Si](C)(C)C)C(C)=C1C.[Cl-].[Cl-].[Cl-].[Ti+4]. The van der Waals surface area contributed by atoms with Crippen LogP contribution in [0.1, 0.15) is 61.1 Å². The standard InChI is InChI=1S/C60H111Si10.3ClH.Ti/c1-39-38-60(10,47(9)40(39)2)70(57-51(64(20,21)22)44(6)41(3)48(61(11,12)13)54(57)67(29,30)31,58-52(65(23,24)25)45(7)42(4)49(62(14,15)16)55(58)68(32,33)34)59-53(66(26,27)28)46(8)43(5)50(63(17,18)19)56(59)69(35,36)37;;;;/h1-37H3;3*1H;/q-1;;;;+4/p-3. The maximum atomic E-state index is 4.85. The Morgan fingerprint density at radius 1 is 0.257 bits per heavy atom. The number of rotatable bonds is 13. The minimum atomic E-state index is -3.60. The van der Waals surface area contributed by atoms with Crippen LogP contribution < -0.4 is 99.5 Å². The van der Waals surface area contributed by atoms with Crippen molar-refractivity contribution in [1.29, 1.82) is 0 Å². The van der Waals surface area contributed by atoms with Crippen LogP contribution in [-0.2, 0) is 21.7 Å². The van der Waals surface area contributed by atoms with Crippen LogP contribution in [0.5, 0.6) is 0 Å². The first kappa shape index (κ1) is 74.9. The second-order valence-corrected chi connectivity index (χ2v) is 81.4. The van der Waals surface area contributed by atoms with Crippen LogP contribution in [0, 0.1) is 47.6 Å². The van der Waals surface area contributed by atoms with Crippen LogP contribution in [0.4, 0.5) is 0 Å². The molecule has 1 aliphatic rings. The molecule has 14 heteroatoms. The Labute approximate surface area is 504 Å². The summed E-state index contributed by atoms with van der Waals surface area (Å²) in [5, 5.41) is 22.3. The monoisotopic (exact) mass is 1260 g/mol. The fourth-order valence-corrected chi connectivity index (χ4v) is 57.5. The van der Waals surface area contributed by atoms with Crippen molar-refractivity contribution < 1.29 is 58.9 Å². The van der Waals surface area contributed by atoms with Gasteiger partial charge >= 0.3 is 21.7 Å². The Morgan fingerprint density at radius 3 is 0.527 bits per heavy atom. The maximum Gasteiger partial charge on any atom is 4.00 e. The van der Waals surface area contributed by atoms with E-state index in [-0.39, 0.29) is 64.0 Å². The second-order valence-electron chi connectivity index (χ2n) is 32.4. The van der Waals surface area contributed by atoms with E-state index in [9.17, 15) is 0 Å². The van der Waals surface area contributed by atoms with Crippen molar-refractivity contribution in [2.75, 3.05) is 0 Å². The van der Waals surface area contributed by atoms with Gasteiger partial charge in [0.25, 0.3) is 0 Å². The molecule has 0 aliphatic heterocycles. The molecule has 74 heavy (non-hydrogen) atoms. The molecule has 0 heterocycles. The number of benzene rings is 3. The van der Waals surface area contributed by atoms with E-state index < -0.39 is 80.7 Å². The minimum absolute atomic E-state index is 0. The number of halogens is 3. The van der Waals surface area contributed by atoms with E-state index >= 15 is 0 Å². The molecular formula is C60H111Cl3Si10Ti. The molecule has 0 amide bonds. The molecule has 1 aliphatic carbocycles. The van der Waals surface area contributed by atoms with Crippen LogP contribution >= 0.6 is 0 Å². The quantitative estimate of drug-likeness (QED) is 0.141. The summed E-state index contributed by atoms with van der Waals surface area (Å²) < 4.78 is 0. The van der Waals surface area contributed by atoms with Crippen molar-refractivity contribution in [1.82, 2.24) is 0 Å². The summed E-state index contributed by atoms with van der Waals surface area (Å²) in [6.45, 7) is 101. The summed E-state index contributed by atoms with van der Waals surface area (Å²) in [6, 6.07) is 0. The van der Waals surface area contributed by atoms with Gasteiger partial charge in [-0.15, -0.1) is 6.92 Å². The molecule has 0 radical (unpaired) electrons. The van der Waals surface area contributed by atoms with Crippen LogP contribution in [0.2, 0.25) is 182 Å². The van der Waals surface area contributed by atoms with Crippen molar-refractivity contribution in [2.24, 2.45) is 0 Å². The predicted octanol–water partition coefficient (Wildman–Crippen LogP) is 2.78. The summed E-state index contributed by atoms with van der Waals surface area (Å²) in [5.74, 6) is 0. The summed E-state index contributed by atoms with van der Waals surface area (Å²) in [5.41, 5.74) is 14.4. The van der Waals surface area contributed by atoms with Gasteiger partial charge in [-0.1, -0.05) is 265 Å². The predicted molar refractivity (Wildman–Crippen MR) is 358 cm³/mol. The molecule has 0 fully saturated rings. The van der Waals surface area contributed by atoms with Gasteiger partial charge in [0, 0.05) is 0 Å². The molecule has 4 rings (SSSR count). The van der Waals surface area contributed by atoms with Gasteiger partial charge < -0.3 is 37.2 Å². The third-order valence-corrected chi connectivity index (χ3v) is 43.9. The third kappa shape index (κ3) is 12.6. The van der Waals surface area contributed by atoms with E-state index in [0.717, 1.165) is 0 Å². The van der Waals surface area contributed by atoms with E-state index in [1.165, 1.54) is 11.1 Å². The Hall–Kier alpha value is 0.893. The smallest absolute Gasteiger partial charge is 1.00 e. The molecule has 0 nitrogen and oxygen atoms in total. The van der Waals surface area contributed by atoms with Crippen molar-refractivity contribution >= 4 is 143 Å². The van der Waals surface area contributed by atoms with E-state index in [1.54, 1.807) is 39.0 Å². The average Bonchev–Trinajstić information content (AvgIpc) is 3.29. The molecule has 0 N–H and O–H groups in total. The molecule has 1 atom stereocenters. The summed E-state index contributed by atoms with van der Waals surface area (Å²) in [7, 11) is -22.8. The zero-order valence-corrected chi connectivity index (χ0v) is 69.0. The fraction of sp³-hybridized carbons (Fsp3) is 0.633. The number of allylic oxidation sites excluding steroid dienone is 4. The van der Waals surface area contributed by atoms with Gasteiger partial charge in [0.05, 0.1) is 72.7 Å².